The summed E-state index contributed by atoms with van der Waals surface area (Å²) in [7, 11) is -4.03. The molecule has 0 radical (unpaired) electrons. The highest BCUT2D eigenvalue weighted by Crippen LogP contribution is 2.40. The van der Waals surface area contributed by atoms with Crippen LogP contribution in [0.1, 0.15) is 43.6 Å². The van der Waals surface area contributed by atoms with Crippen molar-refractivity contribution in [2.24, 2.45) is 4.40 Å². The Morgan fingerprint density at radius 1 is 1.32 bits per heavy atom. The third kappa shape index (κ3) is 4.17. The number of alkyl halides is 2. The molecule has 2 unspecified atom stereocenters. The Morgan fingerprint density at radius 3 is 2.72 bits per heavy atom. The molecule has 1 aromatic carbocycles. The zero-order valence-electron chi connectivity index (χ0n) is 13.6. The molecule has 25 heavy (non-hydrogen) atoms. The van der Waals surface area contributed by atoms with Crippen molar-refractivity contribution in [1.29, 1.82) is 0 Å². The first kappa shape index (κ1) is 18.3. The summed E-state index contributed by atoms with van der Waals surface area (Å²) in [6, 6.07) is 9.37. The molecule has 0 aromatic heterocycles. The van der Waals surface area contributed by atoms with Crippen molar-refractivity contribution < 1.29 is 27.0 Å². The van der Waals surface area contributed by atoms with Gasteiger partial charge in [0.25, 0.3) is 10.0 Å². The molecular formula is C17H21F2NO4S. The van der Waals surface area contributed by atoms with Gasteiger partial charge in [0.05, 0.1) is 0 Å². The molecule has 3 rings (SSSR count). The van der Waals surface area contributed by atoms with E-state index < -0.39 is 33.7 Å². The second kappa shape index (κ2) is 6.99. The fourth-order valence-corrected chi connectivity index (χ4v) is 5.04. The molecule has 1 fully saturated rings. The number of aliphatic hydroxyl groups excluding tert-OH is 1. The third-order valence-electron chi connectivity index (χ3n) is 4.78. The van der Waals surface area contributed by atoms with E-state index in [9.17, 15) is 22.3 Å². The molecular weight excluding hydrogens is 352 g/mol. The number of nitrogens with zero attached hydrogens (tertiary/aromatic N) is 1. The van der Waals surface area contributed by atoms with Crippen LogP contribution in [0.3, 0.4) is 0 Å². The van der Waals surface area contributed by atoms with Crippen molar-refractivity contribution in [2.75, 3.05) is 6.61 Å². The normalized spacial score (nSPS) is 28.4. The topological polar surface area (TPSA) is 76.0 Å². The first-order chi connectivity index (χ1) is 11.8. The van der Waals surface area contributed by atoms with Crippen LogP contribution in [0.25, 0.3) is 0 Å². The lowest BCUT2D eigenvalue weighted by Gasteiger charge is -2.37. The minimum Gasteiger partial charge on any atom is -0.475 e. The van der Waals surface area contributed by atoms with E-state index in [-0.39, 0.29) is 37.7 Å². The van der Waals surface area contributed by atoms with Crippen molar-refractivity contribution in [3.63, 3.8) is 0 Å². The predicted octanol–water partition coefficient (Wildman–Crippen LogP) is 2.86. The Morgan fingerprint density at radius 2 is 2.04 bits per heavy atom. The zero-order valence-corrected chi connectivity index (χ0v) is 14.5. The number of hydrogen-bond acceptors (Lipinski definition) is 4. The minimum atomic E-state index is -4.03. The van der Waals surface area contributed by atoms with Gasteiger partial charge in [-0.15, -0.1) is 4.40 Å². The number of aliphatic hydroxyl groups is 1. The van der Waals surface area contributed by atoms with Gasteiger partial charge in [0.1, 0.15) is 11.4 Å². The second-order valence-corrected chi connectivity index (χ2v) is 8.44. The molecule has 3 atom stereocenters. The highest BCUT2D eigenvalue weighted by molar-refractivity contribution is 7.91. The molecule has 5 nitrogen and oxygen atoms in total. The maximum absolute atomic E-state index is 13.6. The van der Waals surface area contributed by atoms with Crippen LogP contribution >= 0.6 is 0 Å². The largest absolute Gasteiger partial charge is 0.475 e. The Hall–Kier alpha value is -1.54. The van der Waals surface area contributed by atoms with Gasteiger partial charge in [-0.25, -0.2) is 17.2 Å². The zero-order chi connectivity index (χ0) is 18.1. The van der Waals surface area contributed by atoms with Gasteiger partial charge in [-0.05, 0) is 24.3 Å². The molecule has 0 amide bonds. The summed E-state index contributed by atoms with van der Waals surface area (Å²) in [5.74, 6) is -3.09. The summed E-state index contributed by atoms with van der Waals surface area (Å²) in [6.07, 6.45) is -1.26. The SMILES string of the molecule is O=S1(=O)N=C(C[C@@H](CCO)c2ccccc2)OC2CCC(F)(F)CC21. The molecule has 1 N–H and O–H groups in total. The quantitative estimate of drug-likeness (QED) is 0.861. The first-order valence-electron chi connectivity index (χ1n) is 8.34. The van der Waals surface area contributed by atoms with Crippen molar-refractivity contribution in [3.8, 4) is 0 Å². The van der Waals surface area contributed by atoms with E-state index >= 15 is 0 Å². The first-order valence-corrected chi connectivity index (χ1v) is 9.84. The van der Waals surface area contributed by atoms with Crippen LogP contribution in [-0.2, 0) is 14.8 Å². The van der Waals surface area contributed by atoms with Gasteiger partial charge in [-0.1, -0.05) is 30.3 Å². The summed E-state index contributed by atoms with van der Waals surface area (Å²) in [4.78, 5) is 0. The van der Waals surface area contributed by atoms with E-state index in [1.54, 1.807) is 0 Å². The molecule has 0 bridgehead atoms. The molecule has 1 aliphatic heterocycles. The predicted molar refractivity (Wildman–Crippen MR) is 89.3 cm³/mol. The van der Waals surface area contributed by atoms with Gasteiger partial charge < -0.3 is 9.84 Å². The van der Waals surface area contributed by atoms with Gasteiger partial charge >= 0.3 is 0 Å². The molecule has 1 aromatic rings. The summed E-state index contributed by atoms with van der Waals surface area (Å²) in [6.45, 7) is -0.0577. The number of rotatable bonds is 5. The molecule has 8 heteroatoms. The minimum absolute atomic E-state index is 0.00802. The highest BCUT2D eigenvalue weighted by Gasteiger charge is 2.50. The number of fused-ring (bicyclic) bond motifs is 1. The molecule has 1 saturated carbocycles. The van der Waals surface area contributed by atoms with Gasteiger partial charge in [0.15, 0.2) is 0 Å². The van der Waals surface area contributed by atoms with Crippen LogP contribution in [-0.4, -0.2) is 43.3 Å². The van der Waals surface area contributed by atoms with Crippen LogP contribution in [0.15, 0.2) is 34.7 Å². The maximum Gasteiger partial charge on any atom is 0.262 e. The highest BCUT2D eigenvalue weighted by atomic mass is 32.2. The van der Waals surface area contributed by atoms with E-state index in [1.165, 1.54) is 0 Å². The fraction of sp³-hybridized carbons (Fsp3) is 0.588. The van der Waals surface area contributed by atoms with Gasteiger partial charge in [0.2, 0.25) is 11.8 Å². The lowest BCUT2D eigenvalue weighted by Crippen LogP contribution is -2.48. The van der Waals surface area contributed by atoms with Crippen molar-refractivity contribution in [3.05, 3.63) is 35.9 Å². The molecule has 0 spiro atoms. The van der Waals surface area contributed by atoms with Crippen molar-refractivity contribution in [1.82, 2.24) is 0 Å². The van der Waals surface area contributed by atoms with Crippen LogP contribution in [0.5, 0.6) is 0 Å². The number of hydrogen-bond donors (Lipinski definition) is 1. The Balaban J connectivity index is 1.82. The standard InChI is InChI=1S/C17H21F2NO4S/c18-17(19)8-6-14-15(11-17)25(22,23)20-16(24-14)10-13(7-9-21)12-4-2-1-3-5-12/h1-5,13-15,21H,6-11H2/t13-,14?,15?/m1/s1. The van der Waals surface area contributed by atoms with Crippen LogP contribution in [0.2, 0.25) is 0 Å². The van der Waals surface area contributed by atoms with E-state index in [2.05, 4.69) is 4.40 Å². The maximum atomic E-state index is 13.6. The average Bonchev–Trinajstić information content (AvgIpc) is 2.55. The molecule has 138 valence electrons. The smallest absolute Gasteiger partial charge is 0.262 e. The molecule has 2 aliphatic rings. The lowest BCUT2D eigenvalue weighted by atomic mass is 9.92. The summed E-state index contributed by atoms with van der Waals surface area (Å²) < 4.78 is 61.1. The number of ether oxygens (including phenoxy) is 1. The average molecular weight is 373 g/mol. The van der Waals surface area contributed by atoms with Gasteiger partial charge in [-0.3, -0.25) is 0 Å². The van der Waals surface area contributed by atoms with Crippen LogP contribution in [0.4, 0.5) is 8.78 Å². The van der Waals surface area contributed by atoms with E-state index in [0.29, 0.717) is 6.42 Å². The van der Waals surface area contributed by atoms with Crippen molar-refractivity contribution in [2.45, 2.75) is 55.3 Å². The van der Waals surface area contributed by atoms with Crippen LogP contribution in [0, 0.1) is 0 Å². The van der Waals surface area contributed by atoms with Crippen LogP contribution < -0.4 is 0 Å². The summed E-state index contributed by atoms with van der Waals surface area (Å²) >= 11 is 0. The Labute approximate surface area is 145 Å². The van der Waals surface area contributed by atoms with Gasteiger partial charge in [0, 0.05) is 25.9 Å². The number of sulfonamides is 1. The molecule has 0 saturated heterocycles. The Kier molecular flexibility index (Phi) is 5.11. The molecule has 1 aliphatic carbocycles. The fourth-order valence-electron chi connectivity index (χ4n) is 3.47. The van der Waals surface area contributed by atoms with E-state index in [0.717, 1.165) is 5.56 Å². The monoisotopic (exact) mass is 373 g/mol. The van der Waals surface area contributed by atoms with Crippen molar-refractivity contribution >= 4 is 15.9 Å². The number of halogens is 2. The van der Waals surface area contributed by atoms with Gasteiger partial charge in [-0.2, -0.15) is 0 Å². The third-order valence-corrected chi connectivity index (χ3v) is 6.47. The second-order valence-electron chi connectivity index (χ2n) is 6.62. The van der Waals surface area contributed by atoms with E-state index in [1.807, 2.05) is 30.3 Å². The lowest BCUT2D eigenvalue weighted by molar-refractivity contribution is -0.0597. The van der Waals surface area contributed by atoms with E-state index in [4.69, 9.17) is 4.74 Å². The summed E-state index contributed by atoms with van der Waals surface area (Å²) in [5, 5.41) is 8.01. The Bertz CT molecular complexity index is 736. The molecule has 1 heterocycles. The number of benzene rings is 1. The summed E-state index contributed by atoms with van der Waals surface area (Å²) in [5.41, 5.74) is 0.942.